The van der Waals surface area contributed by atoms with E-state index in [4.69, 9.17) is 19.5 Å². The van der Waals surface area contributed by atoms with Crippen molar-refractivity contribution in [3.8, 4) is 11.8 Å². The van der Waals surface area contributed by atoms with Crippen LogP contribution in [0.3, 0.4) is 0 Å². The molecule has 0 unspecified atom stereocenters. The van der Waals surface area contributed by atoms with Crippen LogP contribution in [0.1, 0.15) is 12.0 Å². The molecule has 0 aromatic heterocycles. The summed E-state index contributed by atoms with van der Waals surface area (Å²) < 4.78 is 15.6. The molecule has 0 N–H and O–H groups in total. The Balaban J connectivity index is 2.12. The van der Waals surface area contributed by atoms with Gasteiger partial charge in [-0.2, -0.15) is 5.26 Å². The number of nitriles is 1. The summed E-state index contributed by atoms with van der Waals surface area (Å²) in [5.41, 5.74) is 0.610. The zero-order valence-electron chi connectivity index (χ0n) is 10.0. The first-order valence-corrected chi connectivity index (χ1v) is 5.56. The van der Waals surface area contributed by atoms with E-state index in [0.29, 0.717) is 32.0 Å². The third-order valence-electron chi connectivity index (χ3n) is 2.10. The first kappa shape index (κ1) is 13.5. The Labute approximate surface area is 102 Å². The quantitative estimate of drug-likeness (QED) is 0.646. The van der Waals surface area contributed by atoms with E-state index in [9.17, 15) is 0 Å². The van der Waals surface area contributed by atoms with Gasteiger partial charge in [0.2, 0.25) is 0 Å². The topological polar surface area (TPSA) is 51.5 Å². The molecule has 92 valence electrons. The second kappa shape index (κ2) is 8.57. The molecule has 0 aliphatic carbocycles. The lowest BCUT2D eigenvalue weighted by Crippen LogP contribution is -2.06. The minimum atomic E-state index is 0.585. The van der Waals surface area contributed by atoms with Gasteiger partial charge >= 0.3 is 0 Å². The van der Waals surface area contributed by atoms with Crippen molar-refractivity contribution in [1.29, 1.82) is 5.26 Å². The molecule has 0 amide bonds. The van der Waals surface area contributed by atoms with Gasteiger partial charge in [-0.15, -0.1) is 0 Å². The Morgan fingerprint density at radius 2 is 2.06 bits per heavy atom. The molecule has 4 nitrogen and oxygen atoms in total. The fourth-order valence-electron chi connectivity index (χ4n) is 1.25. The van der Waals surface area contributed by atoms with E-state index < -0.39 is 0 Å². The molecular formula is C13H17NO3. The third-order valence-corrected chi connectivity index (χ3v) is 2.10. The van der Waals surface area contributed by atoms with Crippen molar-refractivity contribution in [3.05, 3.63) is 29.8 Å². The maximum Gasteiger partial charge on any atom is 0.120 e. The smallest absolute Gasteiger partial charge is 0.120 e. The molecule has 0 radical (unpaired) electrons. The molecule has 1 aromatic carbocycles. The summed E-state index contributed by atoms with van der Waals surface area (Å²) in [4.78, 5) is 0. The Kier molecular flexibility index (Phi) is 6.80. The number of benzene rings is 1. The Morgan fingerprint density at radius 3 is 2.82 bits per heavy atom. The fraction of sp³-hybridized carbons (Fsp3) is 0.462. The maximum atomic E-state index is 8.72. The average Bonchev–Trinajstić information content (AvgIpc) is 2.38. The van der Waals surface area contributed by atoms with Gasteiger partial charge < -0.3 is 14.2 Å². The molecule has 0 saturated carbocycles. The van der Waals surface area contributed by atoms with E-state index in [0.717, 1.165) is 12.2 Å². The van der Waals surface area contributed by atoms with Crippen LogP contribution in [0.25, 0.3) is 0 Å². The monoisotopic (exact) mass is 235 g/mol. The predicted octanol–water partition coefficient (Wildman–Crippen LogP) is 1.99. The van der Waals surface area contributed by atoms with Crippen LogP contribution in [0.5, 0.6) is 5.75 Å². The normalized spacial score (nSPS) is 9.88. The Morgan fingerprint density at radius 1 is 1.18 bits per heavy atom. The number of hydrogen-bond acceptors (Lipinski definition) is 4. The second-order valence-electron chi connectivity index (χ2n) is 3.45. The molecule has 17 heavy (non-hydrogen) atoms. The highest BCUT2D eigenvalue weighted by molar-refractivity contribution is 5.36. The molecule has 0 spiro atoms. The van der Waals surface area contributed by atoms with Crippen LogP contribution in [0.4, 0.5) is 0 Å². The highest BCUT2D eigenvalue weighted by Gasteiger charge is 1.96. The lowest BCUT2D eigenvalue weighted by Gasteiger charge is -2.06. The highest BCUT2D eigenvalue weighted by atomic mass is 16.5. The van der Waals surface area contributed by atoms with Crippen molar-refractivity contribution < 1.29 is 14.2 Å². The first-order chi connectivity index (χ1) is 8.36. The molecule has 0 fully saturated rings. The number of methoxy groups -OCH3 is 1. The van der Waals surface area contributed by atoms with Crippen molar-refractivity contribution in [2.24, 2.45) is 0 Å². The Bertz CT molecular complexity index is 360. The standard InChI is InChI=1S/C13H17NO3/c1-15-8-9-16-6-3-7-17-13-5-2-4-12(10-13)11-14/h2,4-5,10H,3,6-9H2,1H3. The number of rotatable bonds is 8. The van der Waals surface area contributed by atoms with Gasteiger partial charge in [-0.25, -0.2) is 0 Å². The van der Waals surface area contributed by atoms with E-state index in [1.165, 1.54) is 0 Å². The van der Waals surface area contributed by atoms with Gasteiger partial charge in [-0.1, -0.05) is 6.07 Å². The van der Waals surface area contributed by atoms with E-state index in [-0.39, 0.29) is 0 Å². The van der Waals surface area contributed by atoms with Crippen LogP contribution in [-0.2, 0) is 9.47 Å². The molecule has 1 aromatic rings. The summed E-state index contributed by atoms with van der Waals surface area (Å²) in [5, 5.41) is 8.72. The van der Waals surface area contributed by atoms with Gasteiger partial charge in [0.1, 0.15) is 5.75 Å². The van der Waals surface area contributed by atoms with Crippen LogP contribution in [0, 0.1) is 11.3 Å². The summed E-state index contributed by atoms with van der Waals surface area (Å²) in [6.45, 7) is 2.47. The zero-order chi connectivity index (χ0) is 12.3. The number of nitrogens with zero attached hydrogens (tertiary/aromatic N) is 1. The van der Waals surface area contributed by atoms with Crippen LogP contribution < -0.4 is 4.74 Å². The van der Waals surface area contributed by atoms with Crippen molar-refractivity contribution in [3.63, 3.8) is 0 Å². The van der Waals surface area contributed by atoms with Crippen molar-refractivity contribution >= 4 is 0 Å². The van der Waals surface area contributed by atoms with E-state index in [2.05, 4.69) is 6.07 Å². The van der Waals surface area contributed by atoms with Crippen LogP contribution in [0.15, 0.2) is 24.3 Å². The van der Waals surface area contributed by atoms with Crippen LogP contribution in [-0.4, -0.2) is 33.5 Å². The average molecular weight is 235 g/mol. The van der Waals surface area contributed by atoms with Gasteiger partial charge in [0.15, 0.2) is 0 Å². The van der Waals surface area contributed by atoms with Gasteiger partial charge in [-0.3, -0.25) is 0 Å². The summed E-state index contributed by atoms with van der Waals surface area (Å²) in [6, 6.07) is 9.20. The molecule has 0 bridgehead atoms. The summed E-state index contributed by atoms with van der Waals surface area (Å²) in [5.74, 6) is 0.723. The van der Waals surface area contributed by atoms with Gasteiger partial charge in [0, 0.05) is 20.1 Å². The van der Waals surface area contributed by atoms with E-state index >= 15 is 0 Å². The largest absolute Gasteiger partial charge is 0.493 e. The predicted molar refractivity (Wildman–Crippen MR) is 64.0 cm³/mol. The lowest BCUT2D eigenvalue weighted by atomic mass is 10.2. The minimum absolute atomic E-state index is 0.585. The van der Waals surface area contributed by atoms with Crippen molar-refractivity contribution in [1.82, 2.24) is 0 Å². The lowest BCUT2D eigenvalue weighted by molar-refractivity contribution is 0.0644. The highest BCUT2D eigenvalue weighted by Crippen LogP contribution is 2.12. The van der Waals surface area contributed by atoms with Crippen molar-refractivity contribution in [2.45, 2.75) is 6.42 Å². The van der Waals surface area contributed by atoms with E-state index in [1.807, 2.05) is 12.1 Å². The molecule has 4 heteroatoms. The summed E-state index contributed by atoms with van der Waals surface area (Å²) in [7, 11) is 1.65. The molecule has 1 rings (SSSR count). The summed E-state index contributed by atoms with van der Waals surface area (Å²) >= 11 is 0. The van der Waals surface area contributed by atoms with E-state index in [1.54, 1.807) is 19.2 Å². The molecule has 0 heterocycles. The fourth-order valence-corrected chi connectivity index (χ4v) is 1.25. The first-order valence-electron chi connectivity index (χ1n) is 5.56. The SMILES string of the molecule is COCCOCCCOc1cccc(C#N)c1. The number of ether oxygens (including phenoxy) is 3. The zero-order valence-corrected chi connectivity index (χ0v) is 10.0. The van der Waals surface area contributed by atoms with Crippen molar-refractivity contribution in [2.75, 3.05) is 33.5 Å². The number of hydrogen-bond donors (Lipinski definition) is 0. The maximum absolute atomic E-state index is 8.72. The molecular weight excluding hydrogens is 218 g/mol. The van der Waals surface area contributed by atoms with Crippen LogP contribution >= 0.6 is 0 Å². The second-order valence-corrected chi connectivity index (χ2v) is 3.45. The molecule has 0 saturated heterocycles. The molecule has 0 aliphatic heterocycles. The van der Waals surface area contributed by atoms with Gasteiger partial charge in [-0.05, 0) is 18.2 Å². The Hall–Kier alpha value is -1.57. The van der Waals surface area contributed by atoms with Crippen LogP contribution in [0.2, 0.25) is 0 Å². The summed E-state index contributed by atoms with van der Waals surface area (Å²) in [6.07, 6.45) is 0.820. The molecule has 0 aliphatic rings. The van der Waals surface area contributed by atoms with Gasteiger partial charge in [0.25, 0.3) is 0 Å². The third kappa shape index (κ3) is 5.91. The van der Waals surface area contributed by atoms with Gasteiger partial charge in [0.05, 0.1) is 31.5 Å². The minimum Gasteiger partial charge on any atom is -0.493 e. The molecule has 0 atom stereocenters.